The van der Waals surface area contributed by atoms with E-state index in [4.69, 9.17) is 0 Å². The molecule has 2 heterocycles. The summed E-state index contributed by atoms with van der Waals surface area (Å²) in [4.78, 5) is 18.4. The van der Waals surface area contributed by atoms with Crippen molar-refractivity contribution in [1.29, 1.82) is 0 Å². The van der Waals surface area contributed by atoms with Crippen LogP contribution < -0.4 is 15.5 Å². The number of aromatic nitrogens is 1. The molecule has 2 aromatic rings. The van der Waals surface area contributed by atoms with E-state index < -0.39 is 0 Å². The minimum atomic E-state index is -0.131. The van der Waals surface area contributed by atoms with Crippen LogP contribution in [0.4, 0.5) is 10.5 Å². The van der Waals surface area contributed by atoms with Crippen molar-refractivity contribution in [3.63, 3.8) is 0 Å². The highest BCUT2D eigenvalue weighted by Crippen LogP contribution is 2.22. The fourth-order valence-corrected chi connectivity index (χ4v) is 2.85. The Morgan fingerprint density at radius 2 is 1.96 bits per heavy atom. The molecule has 23 heavy (non-hydrogen) atoms. The zero-order chi connectivity index (χ0) is 15.9. The van der Waals surface area contributed by atoms with Gasteiger partial charge in [-0.3, -0.25) is 4.98 Å². The number of hydrogen-bond donors (Lipinski definition) is 2. The molecule has 2 amide bonds. The number of amides is 2. The largest absolute Gasteiger partial charge is 0.371 e. The Bertz CT molecular complexity index is 617. The molecule has 1 saturated heterocycles. The van der Waals surface area contributed by atoms with E-state index in [-0.39, 0.29) is 6.03 Å². The Balaban J connectivity index is 1.38. The Morgan fingerprint density at radius 1 is 1.13 bits per heavy atom. The predicted octanol–water partition coefficient (Wildman–Crippen LogP) is 2.41. The lowest BCUT2D eigenvalue weighted by Gasteiger charge is -2.18. The van der Waals surface area contributed by atoms with Crippen LogP contribution in [-0.2, 0) is 6.54 Å². The predicted molar refractivity (Wildman–Crippen MR) is 91.2 cm³/mol. The topological polar surface area (TPSA) is 57.3 Å². The van der Waals surface area contributed by atoms with Crippen molar-refractivity contribution in [1.82, 2.24) is 15.6 Å². The van der Waals surface area contributed by atoms with Gasteiger partial charge in [-0.05, 0) is 36.6 Å². The van der Waals surface area contributed by atoms with Gasteiger partial charge in [0.2, 0.25) is 0 Å². The highest BCUT2D eigenvalue weighted by molar-refractivity contribution is 5.73. The first-order valence-electron chi connectivity index (χ1n) is 8.03. The molecule has 3 rings (SSSR count). The maximum Gasteiger partial charge on any atom is 0.315 e. The second kappa shape index (κ2) is 7.63. The second-order valence-electron chi connectivity index (χ2n) is 5.82. The molecule has 120 valence electrons. The van der Waals surface area contributed by atoms with Crippen molar-refractivity contribution in [3.8, 4) is 0 Å². The molecule has 1 fully saturated rings. The van der Waals surface area contributed by atoms with Gasteiger partial charge in [-0.1, -0.05) is 24.3 Å². The highest BCUT2D eigenvalue weighted by Gasteiger charge is 2.22. The van der Waals surface area contributed by atoms with Crippen LogP contribution >= 0.6 is 0 Å². The quantitative estimate of drug-likeness (QED) is 0.891. The summed E-state index contributed by atoms with van der Waals surface area (Å²) in [6.45, 7) is 3.20. The van der Waals surface area contributed by atoms with Gasteiger partial charge >= 0.3 is 6.03 Å². The molecular weight excluding hydrogens is 288 g/mol. The average molecular weight is 310 g/mol. The van der Waals surface area contributed by atoms with Crippen molar-refractivity contribution in [2.45, 2.75) is 13.0 Å². The number of pyridine rings is 1. The third-order valence-corrected chi connectivity index (χ3v) is 4.11. The zero-order valence-corrected chi connectivity index (χ0v) is 13.1. The Labute approximate surface area is 136 Å². The Kier molecular flexibility index (Phi) is 5.09. The lowest BCUT2D eigenvalue weighted by molar-refractivity contribution is 0.239. The van der Waals surface area contributed by atoms with Crippen LogP contribution in [0.25, 0.3) is 0 Å². The van der Waals surface area contributed by atoms with E-state index >= 15 is 0 Å². The van der Waals surface area contributed by atoms with Crippen molar-refractivity contribution >= 4 is 11.7 Å². The Hall–Kier alpha value is -2.56. The van der Waals surface area contributed by atoms with E-state index in [2.05, 4.69) is 44.8 Å². The minimum absolute atomic E-state index is 0.131. The normalized spacial score (nSPS) is 17.0. The van der Waals surface area contributed by atoms with Gasteiger partial charge < -0.3 is 15.5 Å². The molecule has 5 heteroatoms. The number of nitrogens with one attached hydrogen (secondary N) is 2. The van der Waals surface area contributed by atoms with Gasteiger partial charge in [0, 0.05) is 31.5 Å². The minimum Gasteiger partial charge on any atom is -0.371 e. The summed E-state index contributed by atoms with van der Waals surface area (Å²) in [6.07, 6.45) is 2.83. The molecule has 0 aliphatic carbocycles. The lowest BCUT2D eigenvalue weighted by atomic mass is 10.1. The number of rotatable bonds is 5. The van der Waals surface area contributed by atoms with E-state index in [0.29, 0.717) is 19.0 Å². The van der Waals surface area contributed by atoms with Crippen LogP contribution in [0.3, 0.4) is 0 Å². The molecule has 1 atom stereocenters. The molecule has 0 bridgehead atoms. The summed E-state index contributed by atoms with van der Waals surface area (Å²) in [5, 5.41) is 5.80. The fourth-order valence-electron chi connectivity index (χ4n) is 2.85. The first-order valence-corrected chi connectivity index (χ1v) is 8.03. The summed E-state index contributed by atoms with van der Waals surface area (Å²) in [5.41, 5.74) is 2.12. The van der Waals surface area contributed by atoms with E-state index in [1.807, 2.05) is 24.3 Å². The lowest BCUT2D eigenvalue weighted by Crippen LogP contribution is -2.38. The van der Waals surface area contributed by atoms with Gasteiger partial charge in [0.15, 0.2) is 0 Å². The number of hydrogen-bond acceptors (Lipinski definition) is 3. The van der Waals surface area contributed by atoms with Crippen molar-refractivity contribution in [2.75, 3.05) is 24.5 Å². The van der Waals surface area contributed by atoms with Gasteiger partial charge in [0.05, 0.1) is 12.2 Å². The van der Waals surface area contributed by atoms with E-state index in [0.717, 1.165) is 25.2 Å². The van der Waals surface area contributed by atoms with E-state index in [1.54, 1.807) is 6.20 Å². The van der Waals surface area contributed by atoms with Gasteiger partial charge in [-0.2, -0.15) is 0 Å². The molecule has 5 nitrogen and oxygen atoms in total. The van der Waals surface area contributed by atoms with Crippen molar-refractivity contribution in [2.24, 2.45) is 5.92 Å². The molecule has 0 saturated carbocycles. The first kappa shape index (κ1) is 15.3. The third kappa shape index (κ3) is 4.45. The molecule has 1 aliphatic rings. The van der Waals surface area contributed by atoms with Gasteiger partial charge in [-0.25, -0.2) is 4.79 Å². The maximum atomic E-state index is 11.9. The molecule has 1 aromatic heterocycles. The first-order chi connectivity index (χ1) is 11.3. The summed E-state index contributed by atoms with van der Waals surface area (Å²) in [5.74, 6) is 0.496. The highest BCUT2D eigenvalue weighted by atomic mass is 16.2. The number of benzene rings is 1. The number of carbonyl (C=O) groups excluding carboxylic acids is 1. The van der Waals surface area contributed by atoms with Crippen molar-refractivity contribution < 1.29 is 4.79 Å². The molecule has 0 radical (unpaired) electrons. The number of para-hydroxylation sites is 1. The maximum absolute atomic E-state index is 11.9. The van der Waals surface area contributed by atoms with Crippen LogP contribution in [-0.4, -0.2) is 30.6 Å². The van der Waals surface area contributed by atoms with Crippen LogP contribution in [0.1, 0.15) is 12.1 Å². The number of carbonyl (C=O) groups is 1. The van der Waals surface area contributed by atoms with Crippen molar-refractivity contribution in [3.05, 3.63) is 60.4 Å². The Morgan fingerprint density at radius 3 is 2.74 bits per heavy atom. The van der Waals surface area contributed by atoms with Crippen LogP contribution in [0, 0.1) is 5.92 Å². The van der Waals surface area contributed by atoms with Crippen LogP contribution in [0.2, 0.25) is 0 Å². The van der Waals surface area contributed by atoms with E-state index in [1.165, 1.54) is 5.69 Å². The molecule has 0 spiro atoms. The molecule has 1 aromatic carbocycles. The van der Waals surface area contributed by atoms with Gasteiger partial charge in [0.1, 0.15) is 0 Å². The smallest absolute Gasteiger partial charge is 0.315 e. The molecular formula is C18H22N4O. The number of nitrogens with zero attached hydrogens (tertiary/aromatic N) is 2. The molecule has 2 N–H and O–H groups in total. The summed E-state index contributed by atoms with van der Waals surface area (Å²) >= 11 is 0. The second-order valence-corrected chi connectivity index (χ2v) is 5.82. The van der Waals surface area contributed by atoms with Crippen LogP contribution in [0.5, 0.6) is 0 Å². The summed E-state index contributed by atoms with van der Waals surface area (Å²) in [7, 11) is 0. The number of urea groups is 1. The summed E-state index contributed by atoms with van der Waals surface area (Å²) in [6, 6.07) is 16.0. The third-order valence-electron chi connectivity index (χ3n) is 4.11. The van der Waals surface area contributed by atoms with E-state index in [9.17, 15) is 4.79 Å². The monoisotopic (exact) mass is 310 g/mol. The van der Waals surface area contributed by atoms with Crippen LogP contribution in [0.15, 0.2) is 54.7 Å². The SMILES string of the molecule is O=C(NCc1ccccn1)NCC1CCN(c2ccccc2)C1. The molecule has 1 unspecified atom stereocenters. The fraction of sp³-hybridized carbons (Fsp3) is 0.333. The summed E-state index contributed by atoms with van der Waals surface area (Å²) < 4.78 is 0. The average Bonchev–Trinajstić information content (AvgIpc) is 3.09. The van der Waals surface area contributed by atoms with Gasteiger partial charge in [0.25, 0.3) is 0 Å². The standard InChI is InChI=1S/C18H22N4O/c23-18(21-13-16-6-4-5-10-19-16)20-12-15-9-11-22(14-15)17-7-2-1-3-8-17/h1-8,10,15H,9,11-14H2,(H2,20,21,23). The van der Waals surface area contributed by atoms with Gasteiger partial charge in [-0.15, -0.1) is 0 Å². The number of anilines is 1. The zero-order valence-electron chi connectivity index (χ0n) is 13.1. The molecule has 1 aliphatic heterocycles.